The molecule has 0 saturated carbocycles. The van der Waals surface area contributed by atoms with Gasteiger partial charge in [-0.25, -0.2) is 4.98 Å². The number of pyridine rings is 1. The highest BCUT2D eigenvalue weighted by Crippen LogP contribution is 2.28. The second kappa shape index (κ2) is 7.83. The van der Waals surface area contributed by atoms with Crippen LogP contribution < -0.4 is 5.32 Å². The largest absolute Gasteiger partial charge is 0.309 e. The molecule has 2 rings (SSSR count). The first kappa shape index (κ1) is 16.3. The highest BCUT2D eigenvalue weighted by atomic mass is 35.5. The van der Waals surface area contributed by atoms with Crippen molar-refractivity contribution in [2.24, 2.45) is 0 Å². The summed E-state index contributed by atoms with van der Waals surface area (Å²) in [5.74, 6) is 0.910. The number of hydrogen-bond donors (Lipinski definition) is 1. The summed E-state index contributed by atoms with van der Waals surface area (Å²) in [4.78, 5) is 4.34. The van der Waals surface area contributed by atoms with Crippen LogP contribution in [0.4, 0.5) is 0 Å². The predicted molar refractivity (Wildman–Crippen MR) is 92.3 cm³/mol. The van der Waals surface area contributed by atoms with E-state index in [9.17, 15) is 0 Å². The van der Waals surface area contributed by atoms with Crippen molar-refractivity contribution < 1.29 is 0 Å². The first-order valence-electron chi connectivity index (χ1n) is 7.15. The SMILES string of the molecule is CCNC(CSc1ncccc1Cl)c1ccc(C)c(C)c1. The molecule has 112 valence electrons. The summed E-state index contributed by atoms with van der Waals surface area (Å²) in [6.07, 6.45) is 1.78. The van der Waals surface area contributed by atoms with Gasteiger partial charge in [0, 0.05) is 18.0 Å². The van der Waals surface area contributed by atoms with E-state index >= 15 is 0 Å². The Bertz CT molecular complexity index is 601. The molecule has 1 unspecified atom stereocenters. The molecule has 4 heteroatoms. The zero-order valence-corrected chi connectivity index (χ0v) is 14.3. The quantitative estimate of drug-likeness (QED) is 0.774. The van der Waals surface area contributed by atoms with Crippen molar-refractivity contribution in [1.82, 2.24) is 10.3 Å². The van der Waals surface area contributed by atoms with Crippen LogP contribution in [-0.2, 0) is 0 Å². The fraction of sp³-hybridized carbons (Fsp3) is 0.353. The minimum Gasteiger partial charge on any atom is -0.309 e. The van der Waals surface area contributed by atoms with Crippen LogP contribution in [0, 0.1) is 13.8 Å². The van der Waals surface area contributed by atoms with Gasteiger partial charge in [0.25, 0.3) is 0 Å². The van der Waals surface area contributed by atoms with E-state index in [-0.39, 0.29) is 0 Å². The molecule has 21 heavy (non-hydrogen) atoms. The molecule has 0 radical (unpaired) electrons. The Kier molecular flexibility index (Phi) is 6.09. The Morgan fingerprint density at radius 2 is 2.05 bits per heavy atom. The molecule has 2 nitrogen and oxygen atoms in total. The highest BCUT2D eigenvalue weighted by molar-refractivity contribution is 7.99. The van der Waals surface area contributed by atoms with Crippen molar-refractivity contribution >= 4 is 23.4 Å². The number of benzene rings is 1. The summed E-state index contributed by atoms with van der Waals surface area (Å²) in [6, 6.07) is 10.7. The maximum absolute atomic E-state index is 6.17. The number of aromatic nitrogens is 1. The molecule has 1 heterocycles. The molecule has 1 aromatic carbocycles. The number of halogens is 1. The zero-order chi connectivity index (χ0) is 15.2. The van der Waals surface area contributed by atoms with E-state index in [1.165, 1.54) is 16.7 Å². The lowest BCUT2D eigenvalue weighted by atomic mass is 10.0. The maximum atomic E-state index is 6.17. The lowest BCUT2D eigenvalue weighted by molar-refractivity contribution is 0.605. The number of nitrogens with zero attached hydrogens (tertiary/aromatic N) is 1. The molecule has 0 spiro atoms. The van der Waals surface area contributed by atoms with Crippen molar-refractivity contribution in [3.05, 3.63) is 58.2 Å². The number of hydrogen-bond acceptors (Lipinski definition) is 3. The molecular formula is C17H21ClN2S. The summed E-state index contributed by atoms with van der Waals surface area (Å²) in [6.45, 7) is 7.37. The first-order chi connectivity index (χ1) is 10.1. The van der Waals surface area contributed by atoms with Crippen molar-refractivity contribution in [3.8, 4) is 0 Å². The Labute approximate surface area is 136 Å². The molecule has 0 bridgehead atoms. The summed E-state index contributed by atoms with van der Waals surface area (Å²) in [7, 11) is 0. The minimum absolute atomic E-state index is 0.303. The monoisotopic (exact) mass is 320 g/mol. The second-order valence-corrected chi connectivity index (χ2v) is 6.47. The molecule has 0 fully saturated rings. The van der Waals surface area contributed by atoms with E-state index in [4.69, 9.17) is 11.6 Å². The molecule has 1 aromatic heterocycles. The Hall–Kier alpha value is -1.03. The fourth-order valence-electron chi connectivity index (χ4n) is 2.14. The maximum Gasteiger partial charge on any atom is 0.115 e. The van der Waals surface area contributed by atoms with Gasteiger partial charge in [-0.3, -0.25) is 0 Å². The lowest BCUT2D eigenvalue weighted by Crippen LogP contribution is -2.23. The molecule has 1 N–H and O–H groups in total. The van der Waals surface area contributed by atoms with Crippen LogP contribution in [0.2, 0.25) is 5.02 Å². The van der Waals surface area contributed by atoms with Crippen molar-refractivity contribution in [1.29, 1.82) is 0 Å². The molecule has 0 amide bonds. The van der Waals surface area contributed by atoms with E-state index in [0.717, 1.165) is 22.3 Å². The normalized spacial score (nSPS) is 12.4. The predicted octanol–water partition coefficient (Wildman–Crippen LogP) is 4.79. The van der Waals surface area contributed by atoms with Gasteiger partial charge in [-0.1, -0.05) is 36.7 Å². The number of rotatable bonds is 6. The van der Waals surface area contributed by atoms with Crippen LogP contribution in [0.25, 0.3) is 0 Å². The Morgan fingerprint density at radius 3 is 2.71 bits per heavy atom. The Morgan fingerprint density at radius 1 is 1.24 bits per heavy atom. The van der Waals surface area contributed by atoms with Gasteiger partial charge in [0.2, 0.25) is 0 Å². The molecule has 0 aliphatic heterocycles. The standard InChI is InChI=1S/C17H21ClN2S/c1-4-19-16(14-8-7-12(2)13(3)10-14)11-21-17-15(18)6-5-9-20-17/h5-10,16,19H,4,11H2,1-3H3. The molecule has 1 atom stereocenters. The van der Waals surface area contributed by atoms with Crippen molar-refractivity contribution in [2.75, 3.05) is 12.3 Å². The highest BCUT2D eigenvalue weighted by Gasteiger charge is 2.13. The zero-order valence-electron chi connectivity index (χ0n) is 12.7. The average molecular weight is 321 g/mol. The van der Waals surface area contributed by atoms with E-state index < -0.39 is 0 Å². The summed E-state index contributed by atoms with van der Waals surface area (Å²) in [5, 5.41) is 5.16. The van der Waals surface area contributed by atoms with Crippen molar-refractivity contribution in [2.45, 2.75) is 31.8 Å². The third kappa shape index (κ3) is 4.47. The number of aryl methyl sites for hydroxylation is 2. The van der Waals surface area contributed by atoms with Gasteiger partial charge in [-0.2, -0.15) is 0 Å². The molecular weight excluding hydrogens is 300 g/mol. The van der Waals surface area contributed by atoms with Gasteiger partial charge in [0.15, 0.2) is 0 Å². The molecule has 0 saturated heterocycles. The molecule has 0 aliphatic carbocycles. The van der Waals surface area contributed by atoms with Crippen LogP contribution in [0.1, 0.15) is 29.7 Å². The fourth-order valence-corrected chi connectivity index (χ4v) is 3.40. The minimum atomic E-state index is 0.303. The van der Waals surface area contributed by atoms with E-state index in [1.54, 1.807) is 18.0 Å². The van der Waals surface area contributed by atoms with Gasteiger partial charge in [0.05, 0.1) is 5.02 Å². The summed E-state index contributed by atoms with van der Waals surface area (Å²) < 4.78 is 0. The summed E-state index contributed by atoms with van der Waals surface area (Å²) in [5.41, 5.74) is 3.98. The van der Waals surface area contributed by atoms with Crippen LogP contribution >= 0.6 is 23.4 Å². The smallest absolute Gasteiger partial charge is 0.115 e. The Balaban J connectivity index is 2.12. The van der Waals surface area contributed by atoms with E-state index in [0.29, 0.717) is 6.04 Å². The molecule has 2 aromatic rings. The number of thioether (sulfide) groups is 1. The van der Waals surface area contributed by atoms with Gasteiger partial charge in [-0.05, 0) is 49.2 Å². The lowest BCUT2D eigenvalue weighted by Gasteiger charge is -2.19. The number of nitrogens with one attached hydrogen (secondary N) is 1. The second-order valence-electron chi connectivity index (χ2n) is 5.06. The van der Waals surface area contributed by atoms with Gasteiger partial charge in [0.1, 0.15) is 5.03 Å². The van der Waals surface area contributed by atoms with Gasteiger partial charge in [-0.15, -0.1) is 11.8 Å². The van der Waals surface area contributed by atoms with Crippen LogP contribution in [0.3, 0.4) is 0 Å². The van der Waals surface area contributed by atoms with Crippen LogP contribution in [0.5, 0.6) is 0 Å². The van der Waals surface area contributed by atoms with E-state index in [1.807, 2.05) is 12.1 Å². The van der Waals surface area contributed by atoms with Crippen LogP contribution in [-0.4, -0.2) is 17.3 Å². The van der Waals surface area contributed by atoms with Gasteiger partial charge < -0.3 is 5.32 Å². The summed E-state index contributed by atoms with van der Waals surface area (Å²) >= 11 is 7.87. The van der Waals surface area contributed by atoms with Gasteiger partial charge >= 0.3 is 0 Å². The first-order valence-corrected chi connectivity index (χ1v) is 8.52. The van der Waals surface area contributed by atoms with Crippen LogP contribution in [0.15, 0.2) is 41.6 Å². The topological polar surface area (TPSA) is 24.9 Å². The van der Waals surface area contributed by atoms with Crippen molar-refractivity contribution in [3.63, 3.8) is 0 Å². The van der Waals surface area contributed by atoms with E-state index in [2.05, 4.69) is 49.3 Å². The third-order valence-electron chi connectivity index (χ3n) is 3.50. The average Bonchev–Trinajstić information content (AvgIpc) is 2.48. The third-order valence-corrected chi connectivity index (χ3v) is 5.01. The molecule has 0 aliphatic rings.